The van der Waals surface area contributed by atoms with Crippen molar-refractivity contribution in [2.75, 3.05) is 18.8 Å². The monoisotopic (exact) mass is 191 g/mol. The highest BCUT2D eigenvalue weighted by atomic mass is 14.9. The number of hydrogen-bond acceptors (Lipinski definition) is 3. The Kier molecular flexibility index (Phi) is 2.99. The third-order valence-electron chi connectivity index (χ3n) is 2.90. The van der Waals surface area contributed by atoms with Crippen LogP contribution in [0.4, 0.5) is 5.69 Å². The van der Waals surface area contributed by atoms with Crippen LogP contribution in [-0.4, -0.2) is 18.1 Å². The maximum absolute atomic E-state index is 5.94. The van der Waals surface area contributed by atoms with Gasteiger partial charge in [0.1, 0.15) is 0 Å². The van der Waals surface area contributed by atoms with Gasteiger partial charge in [0.25, 0.3) is 0 Å². The van der Waals surface area contributed by atoms with Crippen molar-refractivity contribution in [2.24, 2.45) is 0 Å². The Morgan fingerprint density at radius 1 is 1.36 bits per heavy atom. The maximum Gasteiger partial charge on any atom is 0.0380 e. The van der Waals surface area contributed by atoms with Gasteiger partial charge in [-0.1, -0.05) is 0 Å². The van der Waals surface area contributed by atoms with Crippen LogP contribution in [0.2, 0.25) is 0 Å². The average Bonchev–Trinajstić information content (AvgIpc) is 2.47. The van der Waals surface area contributed by atoms with Crippen molar-refractivity contribution in [3.05, 3.63) is 24.0 Å². The summed E-state index contributed by atoms with van der Waals surface area (Å²) < 4.78 is 0. The summed E-state index contributed by atoms with van der Waals surface area (Å²) >= 11 is 0. The lowest BCUT2D eigenvalue weighted by molar-refractivity contribution is 0.609. The molecule has 0 aromatic carbocycles. The van der Waals surface area contributed by atoms with Crippen LogP contribution in [0.3, 0.4) is 0 Å². The van der Waals surface area contributed by atoms with Crippen molar-refractivity contribution >= 4 is 5.69 Å². The van der Waals surface area contributed by atoms with E-state index in [0.29, 0.717) is 5.92 Å². The number of pyridine rings is 1. The number of aromatic nitrogens is 1. The number of anilines is 1. The second kappa shape index (κ2) is 4.42. The molecule has 2 rings (SSSR count). The van der Waals surface area contributed by atoms with Crippen molar-refractivity contribution in [1.82, 2.24) is 10.3 Å². The van der Waals surface area contributed by atoms with Crippen molar-refractivity contribution in [3.63, 3.8) is 0 Å². The first-order valence-electron chi connectivity index (χ1n) is 5.28. The first kappa shape index (κ1) is 9.46. The van der Waals surface area contributed by atoms with E-state index >= 15 is 0 Å². The summed E-state index contributed by atoms with van der Waals surface area (Å²) in [5.74, 6) is 0.596. The fourth-order valence-corrected chi connectivity index (χ4v) is 2.09. The molecule has 76 valence electrons. The number of hydrogen-bond donors (Lipinski definition) is 2. The average molecular weight is 191 g/mol. The van der Waals surface area contributed by atoms with Crippen molar-refractivity contribution in [2.45, 2.75) is 25.2 Å². The summed E-state index contributed by atoms with van der Waals surface area (Å²) in [7, 11) is 0. The van der Waals surface area contributed by atoms with Gasteiger partial charge in [-0.25, -0.2) is 0 Å². The highest BCUT2D eigenvalue weighted by molar-refractivity contribution is 5.46. The second-order valence-electron chi connectivity index (χ2n) is 3.88. The lowest BCUT2D eigenvalue weighted by Gasteiger charge is -2.15. The SMILES string of the molecule is Nc1ccncc1C1CCCNCC1. The Labute approximate surface area is 84.7 Å². The number of nitrogens with one attached hydrogen (secondary N) is 1. The van der Waals surface area contributed by atoms with Crippen LogP contribution in [0.1, 0.15) is 30.7 Å². The van der Waals surface area contributed by atoms with Crippen LogP contribution >= 0.6 is 0 Å². The van der Waals surface area contributed by atoms with E-state index in [1.807, 2.05) is 12.3 Å². The molecule has 1 aromatic rings. The molecule has 0 amide bonds. The Morgan fingerprint density at radius 3 is 3.14 bits per heavy atom. The topological polar surface area (TPSA) is 50.9 Å². The summed E-state index contributed by atoms with van der Waals surface area (Å²) in [6.45, 7) is 2.23. The zero-order chi connectivity index (χ0) is 9.80. The highest BCUT2D eigenvalue weighted by Crippen LogP contribution is 2.29. The minimum absolute atomic E-state index is 0.596. The first-order chi connectivity index (χ1) is 6.88. The lowest BCUT2D eigenvalue weighted by Crippen LogP contribution is -2.14. The van der Waals surface area contributed by atoms with E-state index < -0.39 is 0 Å². The summed E-state index contributed by atoms with van der Waals surface area (Å²) in [6.07, 6.45) is 7.32. The normalized spacial score (nSPS) is 23.0. The Bertz CT molecular complexity index is 290. The molecule has 3 N–H and O–H groups in total. The summed E-state index contributed by atoms with van der Waals surface area (Å²) in [5, 5.41) is 3.41. The molecule has 1 aliphatic heterocycles. The third kappa shape index (κ3) is 2.04. The maximum atomic E-state index is 5.94. The molecular formula is C11H17N3. The minimum atomic E-state index is 0.596. The quantitative estimate of drug-likeness (QED) is 0.707. The van der Waals surface area contributed by atoms with Crippen LogP contribution < -0.4 is 11.1 Å². The smallest absolute Gasteiger partial charge is 0.0380 e. The van der Waals surface area contributed by atoms with Crippen LogP contribution in [0.25, 0.3) is 0 Å². The van der Waals surface area contributed by atoms with Gasteiger partial charge in [-0.05, 0) is 49.9 Å². The Hall–Kier alpha value is -1.09. The number of nitrogens with two attached hydrogens (primary N) is 1. The van der Waals surface area contributed by atoms with Gasteiger partial charge in [-0.2, -0.15) is 0 Å². The van der Waals surface area contributed by atoms with Crippen molar-refractivity contribution in [3.8, 4) is 0 Å². The van der Waals surface area contributed by atoms with E-state index in [4.69, 9.17) is 5.73 Å². The molecule has 14 heavy (non-hydrogen) atoms. The van der Waals surface area contributed by atoms with Gasteiger partial charge in [0.2, 0.25) is 0 Å². The van der Waals surface area contributed by atoms with Gasteiger partial charge in [0, 0.05) is 18.1 Å². The van der Waals surface area contributed by atoms with Crippen LogP contribution in [0.15, 0.2) is 18.5 Å². The summed E-state index contributed by atoms with van der Waals surface area (Å²) in [6, 6.07) is 1.90. The van der Waals surface area contributed by atoms with Crippen LogP contribution in [0.5, 0.6) is 0 Å². The Morgan fingerprint density at radius 2 is 2.29 bits per heavy atom. The van der Waals surface area contributed by atoms with Gasteiger partial charge >= 0.3 is 0 Å². The molecule has 0 aliphatic carbocycles. The highest BCUT2D eigenvalue weighted by Gasteiger charge is 2.15. The molecule has 0 radical (unpaired) electrons. The van der Waals surface area contributed by atoms with Crippen molar-refractivity contribution < 1.29 is 0 Å². The molecule has 1 saturated heterocycles. The van der Waals surface area contributed by atoms with E-state index in [9.17, 15) is 0 Å². The Balaban J connectivity index is 2.16. The third-order valence-corrected chi connectivity index (χ3v) is 2.90. The van der Waals surface area contributed by atoms with Gasteiger partial charge < -0.3 is 11.1 Å². The van der Waals surface area contributed by atoms with Gasteiger partial charge in [-0.15, -0.1) is 0 Å². The zero-order valence-corrected chi connectivity index (χ0v) is 8.37. The number of rotatable bonds is 1. The lowest BCUT2D eigenvalue weighted by atomic mass is 9.92. The van der Waals surface area contributed by atoms with Crippen molar-refractivity contribution in [1.29, 1.82) is 0 Å². The van der Waals surface area contributed by atoms with E-state index in [-0.39, 0.29) is 0 Å². The first-order valence-corrected chi connectivity index (χ1v) is 5.28. The summed E-state index contributed by atoms with van der Waals surface area (Å²) in [4.78, 5) is 4.15. The second-order valence-corrected chi connectivity index (χ2v) is 3.88. The number of nitrogen functional groups attached to an aromatic ring is 1. The van der Waals surface area contributed by atoms with Crippen LogP contribution in [0, 0.1) is 0 Å². The van der Waals surface area contributed by atoms with Gasteiger partial charge in [0.15, 0.2) is 0 Å². The predicted octanol–water partition coefficient (Wildman–Crippen LogP) is 1.52. The molecule has 2 heterocycles. The molecular weight excluding hydrogens is 174 g/mol. The fourth-order valence-electron chi connectivity index (χ4n) is 2.09. The zero-order valence-electron chi connectivity index (χ0n) is 8.37. The molecule has 3 nitrogen and oxygen atoms in total. The standard InChI is InChI=1S/C11H17N3/c12-11-4-7-14-8-10(11)9-2-1-5-13-6-3-9/h4,7-9,13H,1-3,5-6H2,(H2,12,14). The molecule has 1 fully saturated rings. The molecule has 3 heteroatoms. The molecule has 1 aromatic heterocycles. The van der Waals surface area contributed by atoms with E-state index in [1.165, 1.54) is 24.8 Å². The molecule has 1 unspecified atom stereocenters. The van der Waals surface area contributed by atoms with Crippen LogP contribution in [-0.2, 0) is 0 Å². The van der Waals surface area contributed by atoms with E-state index in [2.05, 4.69) is 10.3 Å². The van der Waals surface area contributed by atoms with E-state index in [1.54, 1.807) is 6.20 Å². The molecule has 0 spiro atoms. The minimum Gasteiger partial charge on any atom is -0.398 e. The molecule has 1 aliphatic rings. The molecule has 1 atom stereocenters. The largest absolute Gasteiger partial charge is 0.398 e. The molecule has 0 bridgehead atoms. The van der Waals surface area contributed by atoms with E-state index in [0.717, 1.165) is 18.8 Å². The number of nitrogens with zero attached hydrogens (tertiary/aromatic N) is 1. The molecule has 0 saturated carbocycles. The predicted molar refractivity (Wildman–Crippen MR) is 58.1 cm³/mol. The fraction of sp³-hybridized carbons (Fsp3) is 0.545. The van der Waals surface area contributed by atoms with Gasteiger partial charge in [-0.3, -0.25) is 4.98 Å². The summed E-state index contributed by atoms with van der Waals surface area (Å²) in [5.41, 5.74) is 8.07. The van der Waals surface area contributed by atoms with Gasteiger partial charge in [0.05, 0.1) is 0 Å².